The average Bonchev–Trinajstić information content (AvgIpc) is 3.65. The van der Waals surface area contributed by atoms with Gasteiger partial charge < -0.3 is 9.88 Å². The molecule has 3 heterocycles. The molecular formula is C29H28BrN3O3S2. The number of anilines is 2. The van der Waals surface area contributed by atoms with Crippen molar-refractivity contribution in [1.82, 2.24) is 4.98 Å². The van der Waals surface area contributed by atoms with E-state index in [9.17, 15) is 14.4 Å². The summed E-state index contributed by atoms with van der Waals surface area (Å²) in [6.45, 7) is 6.21. The Bertz CT molecular complexity index is 1480. The Labute approximate surface area is 237 Å². The molecule has 38 heavy (non-hydrogen) atoms. The summed E-state index contributed by atoms with van der Waals surface area (Å²) in [4.78, 5) is 48.0. The second kappa shape index (κ2) is 9.10. The molecule has 2 amide bonds. The Kier molecular flexibility index (Phi) is 5.91. The zero-order valence-corrected chi connectivity index (χ0v) is 24.3. The number of H-pyrrole nitrogens is 1. The van der Waals surface area contributed by atoms with Crippen LogP contribution < -0.4 is 14.7 Å². The van der Waals surface area contributed by atoms with Crippen LogP contribution in [0.3, 0.4) is 0 Å². The third kappa shape index (κ3) is 3.47. The summed E-state index contributed by atoms with van der Waals surface area (Å²) in [7, 11) is 0. The van der Waals surface area contributed by atoms with Crippen LogP contribution in [0.5, 0.6) is 0 Å². The van der Waals surface area contributed by atoms with Gasteiger partial charge in [-0.05, 0) is 80.0 Å². The van der Waals surface area contributed by atoms with Crippen LogP contribution in [-0.4, -0.2) is 35.1 Å². The van der Waals surface area contributed by atoms with Gasteiger partial charge in [0.05, 0.1) is 22.5 Å². The van der Waals surface area contributed by atoms with Gasteiger partial charge >= 0.3 is 4.87 Å². The van der Waals surface area contributed by atoms with E-state index in [1.165, 1.54) is 27.5 Å². The molecule has 1 N–H and O–H groups in total. The van der Waals surface area contributed by atoms with Crippen molar-refractivity contribution in [3.8, 4) is 0 Å². The van der Waals surface area contributed by atoms with Crippen molar-refractivity contribution in [2.24, 2.45) is 29.6 Å². The van der Waals surface area contributed by atoms with Gasteiger partial charge in [0.1, 0.15) is 0 Å². The predicted molar refractivity (Wildman–Crippen MR) is 155 cm³/mol. The zero-order valence-electron chi connectivity index (χ0n) is 21.1. The van der Waals surface area contributed by atoms with Crippen molar-refractivity contribution in [3.63, 3.8) is 0 Å². The highest BCUT2D eigenvalue weighted by molar-refractivity contribution is 9.10. The lowest BCUT2D eigenvalue weighted by molar-refractivity contribution is -0.123. The number of hydrogen-bond acceptors (Lipinski definition) is 6. The molecule has 6 unspecified atom stereocenters. The largest absolute Gasteiger partial charge is 0.372 e. The van der Waals surface area contributed by atoms with Crippen LogP contribution in [0.4, 0.5) is 11.4 Å². The first-order valence-electron chi connectivity index (χ1n) is 13.3. The maximum atomic E-state index is 13.9. The molecule has 9 heteroatoms. The van der Waals surface area contributed by atoms with E-state index >= 15 is 0 Å². The average molecular weight is 611 g/mol. The summed E-state index contributed by atoms with van der Waals surface area (Å²) in [5, 5.41) is 1.15. The molecule has 2 saturated carbocycles. The lowest BCUT2D eigenvalue weighted by Crippen LogP contribution is -2.42. The van der Waals surface area contributed by atoms with Crippen LogP contribution in [-0.2, 0) is 9.59 Å². The number of aromatic nitrogens is 1. The van der Waals surface area contributed by atoms with Gasteiger partial charge in [0.2, 0.25) is 11.8 Å². The van der Waals surface area contributed by atoms with Gasteiger partial charge in [0.25, 0.3) is 0 Å². The van der Waals surface area contributed by atoms with Gasteiger partial charge in [-0.25, -0.2) is 0 Å². The van der Waals surface area contributed by atoms with Crippen LogP contribution >= 0.6 is 39.0 Å². The number of carbonyl (C=O) groups excluding carboxylic acids is 2. The smallest absolute Gasteiger partial charge is 0.305 e. The molecule has 7 atom stereocenters. The van der Waals surface area contributed by atoms with Crippen molar-refractivity contribution in [3.05, 3.63) is 73.1 Å². The first-order valence-corrected chi connectivity index (χ1v) is 15.8. The molecule has 3 fully saturated rings. The number of aromatic amines is 1. The molecule has 1 aromatic heterocycles. The number of imide groups is 1. The number of fused-ring (bicyclic) bond motifs is 9. The number of nitrogens with one attached hydrogen (secondary N) is 1. The third-order valence-corrected chi connectivity index (χ3v) is 12.3. The van der Waals surface area contributed by atoms with Crippen molar-refractivity contribution in [2.75, 3.05) is 22.9 Å². The topological polar surface area (TPSA) is 73.5 Å². The molecule has 6 nitrogen and oxygen atoms in total. The van der Waals surface area contributed by atoms with Gasteiger partial charge in [-0.3, -0.25) is 19.3 Å². The van der Waals surface area contributed by atoms with Crippen molar-refractivity contribution < 1.29 is 9.59 Å². The number of thioether (sulfide) groups is 1. The minimum Gasteiger partial charge on any atom is -0.372 e. The number of thiazole rings is 1. The summed E-state index contributed by atoms with van der Waals surface area (Å²) in [5.41, 5.74) is 3.04. The second-order valence-electron chi connectivity index (χ2n) is 10.7. The number of carbonyl (C=O) groups is 2. The van der Waals surface area contributed by atoms with Crippen LogP contribution in [0.15, 0.2) is 62.8 Å². The standard InChI is InChI=1S/C29H28BrN3O3S2/c1-3-32(4-2)16-9-5-14(6-10-16)20-21-18-13-19(24(21)37-26-25(20)38-29(36)31-26)23-22(18)27(34)33(28(23)35)17-11-7-15(30)8-12-17/h5-12,18-24H,3-4,13H2,1-2H3,(H,31,36)/t18?,19?,20-,21?,22?,23?,24?/m1/s1. The fourth-order valence-electron chi connectivity index (χ4n) is 7.72. The SMILES string of the molecule is CCN(CC)c1ccc([C@H]2c3sc(=O)[nH]c3SC3C4CC(C5C(=O)N(c6ccc(Br)cc6)C(=O)C45)C32)cc1. The maximum Gasteiger partial charge on any atom is 0.305 e. The summed E-state index contributed by atoms with van der Waals surface area (Å²) in [6, 6.07) is 16.2. The first kappa shape index (κ1) is 24.7. The highest BCUT2D eigenvalue weighted by Gasteiger charge is 2.69. The molecule has 4 aliphatic rings. The van der Waals surface area contributed by atoms with Crippen LogP contribution in [0, 0.1) is 29.6 Å². The van der Waals surface area contributed by atoms with Gasteiger partial charge in [-0.15, -0.1) is 11.8 Å². The van der Waals surface area contributed by atoms with Gasteiger partial charge in [-0.2, -0.15) is 0 Å². The Hall–Kier alpha value is -2.36. The number of nitrogens with zero attached hydrogens (tertiary/aromatic N) is 2. The zero-order chi connectivity index (χ0) is 26.3. The predicted octanol–water partition coefficient (Wildman–Crippen LogP) is 5.72. The Morgan fingerprint density at radius 3 is 2.26 bits per heavy atom. The molecule has 2 aliphatic heterocycles. The fourth-order valence-corrected chi connectivity index (χ4v) is 10.9. The van der Waals surface area contributed by atoms with E-state index in [0.29, 0.717) is 5.69 Å². The molecule has 3 aromatic rings. The highest BCUT2D eigenvalue weighted by atomic mass is 79.9. The van der Waals surface area contributed by atoms with E-state index in [-0.39, 0.29) is 57.4 Å². The molecule has 7 rings (SSSR count). The number of halogens is 1. The molecule has 1 saturated heterocycles. The van der Waals surface area contributed by atoms with E-state index in [0.717, 1.165) is 33.9 Å². The molecule has 0 radical (unpaired) electrons. The van der Waals surface area contributed by atoms with E-state index in [1.54, 1.807) is 11.8 Å². The van der Waals surface area contributed by atoms with E-state index in [4.69, 9.17) is 0 Å². The Morgan fingerprint density at radius 1 is 0.947 bits per heavy atom. The summed E-state index contributed by atoms with van der Waals surface area (Å²) >= 11 is 6.49. The van der Waals surface area contributed by atoms with E-state index < -0.39 is 0 Å². The Morgan fingerprint density at radius 2 is 1.61 bits per heavy atom. The number of amides is 2. The van der Waals surface area contributed by atoms with Crippen LogP contribution in [0.2, 0.25) is 0 Å². The molecule has 0 spiro atoms. The quantitative estimate of drug-likeness (QED) is 0.374. The highest BCUT2D eigenvalue weighted by Crippen LogP contribution is 2.68. The van der Waals surface area contributed by atoms with Gasteiger partial charge in [0.15, 0.2) is 0 Å². The van der Waals surface area contributed by atoms with E-state index in [2.05, 4.69) is 63.9 Å². The van der Waals surface area contributed by atoms with Gasteiger partial charge in [0, 0.05) is 39.3 Å². The van der Waals surface area contributed by atoms with Crippen molar-refractivity contribution in [1.29, 1.82) is 0 Å². The molecule has 196 valence electrons. The summed E-state index contributed by atoms with van der Waals surface area (Å²) in [6.07, 6.45) is 0.899. The van der Waals surface area contributed by atoms with Crippen LogP contribution in [0.1, 0.15) is 36.6 Å². The summed E-state index contributed by atoms with van der Waals surface area (Å²) in [5.74, 6) is -0.156. The molecule has 2 bridgehead atoms. The van der Waals surface area contributed by atoms with Gasteiger partial charge in [-0.1, -0.05) is 39.4 Å². The Balaban J connectivity index is 1.28. The van der Waals surface area contributed by atoms with Crippen molar-refractivity contribution in [2.45, 2.75) is 36.5 Å². The monoisotopic (exact) mass is 609 g/mol. The molecule has 2 aromatic carbocycles. The fraction of sp³-hybridized carbons (Fsp3) is 0.414. The third-order valence-electron chi connectivity index (χ3n) is 9.19. The normalized spacial score (nSPS) is 30.9. The molecule has 2 aliphatic carbocycles. The lowest BCUT2D eigenvalue weighted by atomic mass is 9.68. The minimum atomic E-state index is -0.285. The van der Waals surface area contributed by atoms with Crippen LogP contribution in [0.25, 0.3) is 0 Å². The maximum absolute atomic E-state index is 13.9. The lowest BCUT2D eigenvalue weighted by Gasteiger charge is -2.43. The minimum absolute atomic E-state index is 0.0339. The summed E-state index contributed by atoms with van der Waals surface area (Å²) < 4.78 is 0.915. The molecular weight excluding hydrogens is 582 g/mol. The van der Waals surface area contributed by atoms with E-state index in [1.807, 2.05) is 24.3 Å². The number of benzene rings is 2. The number of hydrogen-bond donors (Lipinski definition) is 1. The first-order chi connectivity index (χ1) is 18.4. The number of rotatable bonds is 5. The second-order valence-corrected chi connectivity index (χ2v) is 13.8. The van der Waals surface area contributed by atoms with Crippen molar-refractivity contribution >= 4 is 62.2 Å².